The lowest BCUT2D eigenvalue weighted by Crippen LogP contribution is -2.23. The summed E-state index contributed by atoms with van der Waals surface area (Å²) in [5, 5.41) is 3.89. The fraction of sp³-hybridized carbons (Fsp3) is 0.167. The maximum atomic E-state index is 12.2. The Morgan fingerprint density at radius 3 is 2.71 bits per heavy atom. The Balaban J connectivity index is 2.19. The van der Waals surface area contributed by atoms with E-state index in [1.807, 2.05) is 0 Å². The number of hydrogen-bond donors (Lipinski definition) is 2. The quantitative estimate of drug-likeness (QED) is 0.801. The van der Waals surface area contributed by atoms with E-state index in [1.165, 1.54) is 18.2 Å². The van der Waals surface area contributed by atoms with Gasteiger partial charge in [-0.25, -0.2) is 13.1 Å². The van der Waals surface area contributed by atoms with Crippen molar-refractivity contribution in [1.29, 1.82) is 0 Å². The number of benzene rings is 1. The molecule has 0 fully saturated rings. The highest BCUT2D eigenvalue weighted by Crippen LogP contribution is 2.21. The fourth-order valence-electron chi connectivity index (χ4n) is 1.62. The second-order valence-electron chi connectivity index (χ2n) is 4.26. The van der Waals surface area contributed by atoms with Gasteiger partial charge < -0.3 is 10.3 Å². The van der Waals surface area contributed by atoms with Gasteiger partial charge in [0.15, 0.2) is 0 Å². The first-order chi connectivity index (χ1) is 9.79. The van der Waals surface area contributed by atoms with Gasteiger partial charge in [0, 0.05) is 11.6 Å². The number of halogens is 1. The first kappa shape index (κ1) is 15.9. The lowest BCUT2D eigenvalue weighted by molar-refractivity contribution is 0.390. The third-order valence-corrected chi connectivity index (χ3v) is 4.57. The topological polar surface area (TPSA) is 98.2 Å². The van der Waals surface area contributed by atoms with Gasteiger partial charge in [0.05, 0.1) is 22.2 Å². The van der Waals surface area contributed by atoms with E-state index in [2.05, 4.69) is 9.88 Å². The molecular formula is C12H12ClN3O3S2. The Bertz CT molecular complexity index is 787. The predicted octanol–water partition coefficient (Wildman–Crippen LogP) is 1.75. The number of aryl methyl sites for hydroxylation is 1. The molecule has 9 heteroatoms. The van der Waals surface area contributed by atoms with Crippen LogP contribution in [0.3, 0.4) is 0 Å². The molecule has 1 aromatic carbocycles. The third-order valence-electron chi connectivity index (χ3n) is 2.64. The van der Waals surface area contributed by atoms with Crippen molar-refractivity contribution < 1.29 is 12.9 Å². The van der Waals surface area contributed by atoms with Gasteiger partial charge in [0.2, 0.25) is 10.0 Å². The summed E-state index contributed by atoms with van der Waals surface area (Å²) in [5.41, 5.74) is 6.39. The molecule has 1 heterocycles. The minimum absolute atomic E-state index is 0.0210. The molecule has 2 rings (SSSR count). The third kappa shape index (κ3) is 3.79. The second kappa shape index (κ2) is 6.10. The highest BCUT2D eigenvalue weighted by Gasteiger charge is 2.17. The van der Waals surface area contributed by atoms with E-state index in [0.717, 1.165) is 0 Å². The molecule has 0 aliphatic heterocycles. The zero-order valence-electron chi connectivity index (χ0n) is 11.0. The molecule has 3 N–H and O–H groups in total. The first-order valence-corrected chi connectivity index (χ1v) is 8.08. The summed E-state index contributed by atoms with van der Waals surface area (Å²) in [6.07, 6.45) is 0. The van der Waals surface area contributed by atoms with Crippen molar-refractivity contribution in [2.75, 3.05) is 0 Å². The molecule has 0 amide bonds. The number of sulfonamides is 1. The minimum atomic E-state index is -3.71. The standard InChI is InChI=1S/C12H12ClN3O3S2/c1-7-4-8(16-19-7)6-15-21(17,18)9-2-3-10(12(14)20)11(13)5-9/h2-5,15H,6H2,1H3,(H2,14,20). The number of rotatable bonds is 5. The molecule has 0 atom stereocenters. The summed E-state index contributed by atoms with van der Waals surface area (Å²) >= 11 is 10.8. The van der Waals surface area contributed by atoms with Crippen LogP contribution in [-0.2, 0) is 16.6 Å². The molecule has 2 aromatic rings. The predicted molar refractivity (Wildman–Crippen MR) is 82.6 cm³/mol. The summed E-state index contributed by atoms with van der Waals surface area (Å²) in [7, 11) is -3.71. The van der Waals surface area contributed by atoms with Gasteiger partial charge in [-0.05, 0) is 25.1 Å². The Morgan fingerprint density at radius 1 is 1.48 bits per heavy atom. The Morgan fingerprint density at radius 2 is 2.19 bits per heavy atom. The smallest absolute Gasteiger partial charge is 0.240 e. The molecule has 0 saturated carbocycles. The molecule has 21 heavy (non-hydrogen) atoms. The summed E-state index contributed by atoms with van der Waals surface area (Å²) < 4.78 is 31.6. The van der Waals surface area contributed by atoms with Crippen molar-refractivity contribution in [1.82, 2.24) is 9.88 Å². The van der Waals surface area contributed by atoms with Gasteiger partial charge in [0.1, 0.15) is 10.7 Å². The van der Waals surface area contributed by atoms with Crippen LogP contribution in [0.2, 0.25) is 5.02 Å². The molecule has 0 aliphatic carbocycles. The summed E-state index contributed by atoms with van der Waals surface area (Å²) in [5.74, 6) is 0.605. The van der Waals surface area contributed by atoms with Crippen LogP contribution in [0.4, 0.5) is 0 Å². The average molecular weight is 346 g/mol. The lowest BCUT2D eigenvalue weighted by Gasteiger charge is -2.08. The molecule has 0 saturated heterocycles. The zero-order valence-corrected chi connectivity index (χ0v) is 13.3. The fourth-order valence-corrected chi connectivity index (χ4v) is 3.22. The molecule has 0 spiro atoms. The summed E-state index contributed by atoms with van der Waals surface area (Å²) in [6, 6.07) is 5.80. The molecular weight excluding hydrogens is 334 g/mol. The minimum Gasteiger partial charge on any atom is -0.389 e. The molecule has 0 bridgehead atoms. The Kier molecular flexibility index (Phi) is 4.62. The maximum absolute atomic E-state index is 12.2. The highest BCUT2D eigenvalue weighted by atomic mass is 35.5. The first-order valence-electron chi connectivity index (χ1n) is 5.81. The van der Waals surface area contributed by atoms with E-state index < -0.39 is 10.0 Å². The van der Waals surface area contributed by atoms with Crippen molar-refractivity contribution in [3.05, 3.63) is 46.3 Å². The summed E-state index contributed by atoms with van der Waals surface area (Å²) in [6.45, 7) is 1.74. The van der Waals surface area contributed by atoms with Crippen molar-refractivity contribution >= 4 is 38.8 Å². The number of nitrogens with one attached hydrogen (secondary N) is 1. The SMILES string of the molecule is Cc1cc(CNS(=O)(=O)c2ccc(C(N)=S)c(Cl)c2)no1. The van der Waals surface area contributed by atoms with Crippen LogP contribution in [0.25, 0.3) is 0 Å². The van der Waals surface area contributed by atoms with Crippen molar-refractivity contribution in [3.63, 3.8) is 0 Å². The number of nitrogens with two attached hydrogens (primary N) is 1. The molecule has 0 unspecified atom stereocenters. The van der Waals surface area contributed by atoms with Crippen LogP contribution in [-0.4, -0.2) is 18.6 Å². The van der Waals surface area contributed by atoms with Crippen LogP contribution in [0.5, 0.6) is 0 Å². The van der Waals surface area contributed by atoms with Gasteiger partial charge in [-0.3, -0.25) is 0 Å². The summed E-state index contributed by atoms with van der Waals surface area (Å²) in [4.78, 5) is 0.127. The van der Waals surface area contributed by atoms with E-state index in [-0.39, 0.29) is 21.5 Å². The van der Waals surface area contributed by atoms with E-state index in [9.17, 15) is 8.42 Å². The van der Waals surface area contributed by atoms with Crippen LogP contribution < -0.4 is 10.5 Å². The zero-order chi connectivity index (χ0) is 15.6. The van der Waals surface area contributed by atoms with E-state index in [1.54, 1.807) is 13.0 Å². The van der Waals surface area contributed by atoms with Gasteiger partial charge in [-0.15, -0.1) is 0 Å². The van der Waals surface area contributed by atoms with E-state index >= 15 is 0 Å². The molecule has 0 aliphatic rings. The monoisotopic (exact) mass is 345 g/mol. The normalized spacial score (nSPS) is 11.5. The van der Waals surface area contributed by atoms with Crippen molar-refractivity contribution in [3.8, 4) is 0 Å². The highest BCUT2D eigenvalue weighted by molar-refractivity contribution is 7.89. The number of nitrogens with zero attached hydrogens (tertiary/aromatic N) is 1. The van der Waals surface area contributed by atoms with Gasteiger partial charge >= 0.3 is 0 Å². The van der Waals surface area contributed by atoms with E-state index in [0.29, 0.717) is 17.0 Å². The molecule has 6 nitrogen and oxygen atoms in total. The van der Waals surface area contributed by atoms with Crippen LogP contribution >= 0.6 is 23.8 Å². The van der Waals surface area contributed by atoms with Gasteiger partial charge in [-0.1, -0.05) is 29.0 Å². The van der Waals surface area contributed by atoms with Crippen LogP contribution in [0.15, 0.2) is 33.7 Å². The van der Waals surface area contributed by atoms with Crippen LogP contribution in [0.1, 0.15) is 17.0 Å². The van der Waals surface area contributed by atoms with Crippen LogP contribution in [0, 0.1) is 6.92 Å². The number of hydrogen-bond acceptors (Lipinski definition) is 5. The van der Waals surface area contributed by atoms with Crippen molar-refractivity contribution in [2.45, 2.75) is 18.4 Å². The Hall–Kier alpha value is -1.48. The number of aromatic nitrogens is 1. The Labute approximate surface area is 132 Å². The second-order valence-corrected chi connectivity index (χ2v) is 6.87. The molecule has 0 radical (unpaired) electrons. The maximum Gasteiger partial charge on any atom is 0.240 e. The number of thiocarbonyl (C=S) groups is 1. The lowest BCUT2D eigenvalue weighted by atomic mass is 10.2. The molecule has 1 aromatic heterocycles. The largest absolute Gasteiger partial charge is 0.389 e. The van der Waals surface area contributed by atoms with Gasteiger partial charge in [-0.2, -0.15) is 0 Å². The van der Waals surface area contributed by atoms with Gasteiger partial charge in [0.25, 0.3) is 0 Å². The van der Waals surface area contributed by atoms with Crippen molar-refractivity contribution in [2.24, 2.45) is 5.73 Å². The molecule has 112 valence electrons. The van der Waals surface area contributed by atoms with E-state index in [4.69, 9.17) is 34.1 Å². The average Bonchev–Trinajstić information content (AvgIpc) is 2.82.